The minimum Gasteiger partial charge on any atom is -0.548 e. The van der Waals surface area contributed by atoms with Gasteiger partial charge >= 0.3 is 0 Å². The maximum absolute atomic E-state index is 9.93. The number of nitrogens with two attached hydrogens (primary N) is 1. The molecule has 0 unspecified atom stereocenters. The maximum atomic E-state index is 9.93. The topological polar surface area (TPSA) is 121 Å². The van der Waals surface area contributed by atoms with Crippen LogP contribution >= 0.6 is 0 Å². The lowest BCUT2D eigenvalue weighted by Gasteiger charge is -2.39. The fourth-order valence-corrected chi connectivity index (χ4v) is 3.53. The molecule has 0 saturated carbocycles. The number of carboxylic acids is 1. The number of hydrogen-bond donors (Lipinski definition) is 2. The van der Waals surface area contributed by atoms with Crippen molar-refractivity contribution in [3.63, 3.8) is 0 Å². The predicted molar refractivity (Wildman–Crippen MR) is 109 cm³/mol. The number of aliphatic carboxylic acids is 1. The van der Waals surface area contributed by atoms with E-state index in [1.54, 1.807) is 0 Å². The first-order valence-corrected chi connectivity index (χ1v) is 11.9. The van der Waals surface area contributed by atoms with E-state index in [1.165, 1.54) is 82.0 Å². The van der Waals surface area contributed by atoms with E-state index >= 15 is 0 Å². The van der Waals surface area contributed by atoms with Crippen molar-refractivity contribution in [2.75, 3.05) is 31.9 Å². The van der Waals surface area contributed by atoms with E-state index in [1.807, 2.05) is 0 Å². The van der Waals surface area contributed by atoms with Crippen LogP contribution in [0.25, 0.3) is 0 Å². The van der Waals surface area contributed by atoms with Gasteiger partial charge in [0.2, 0.25) is 0 Å². The molecule has 0 radical (unpaired) electrons. The van der Waals surface area contributed by atoms with Gasteiger partial charge in [-0.25, -0.2) is 0 Å². The summed E-state index contributed by atoms with van der Waals surface area (Å²) in [6.07, 6.45) is 11.1. The Morgan fingerprint density at radius 1 is 0.889 bits per heavy atom. The summed E-state index contributed by atoms with van der Waals surface area (Å²) >= 11 is 0. The molecule has 0 rings (SSSR count). The van der Waals surface area contributed by atoms with Gasteiger partial charge in [-0.15, -0.1) is 0 Å². The molecule has 3 N–H and O–H groups in total. The number of nitrogens with zero attached hydrogens (tertiary/aromatic N) is 1. The summed E-state index contributed by atoms with van der Waals surface area (Å²) in [7, 11) is -4.31. The first kappa shape index (κ1) is 28.5. The molecule has 0 fully saturated rings. The van der Waals surface area contributed by atoms with Crippen LogP contribution in [0, 0.1) is 0 Å². The van der Waals surface area contributed by atoms with Crippen molar-refractivity contribution < 1.29 is 27.4 Å². The molecule has 0 aromatic heterocycles. The van der Waals surface area contributed by atoms with Crippen LogP contribution in [-0.4, -0.2) is 61.4 Å². The summed E-state index contributed by atoms with van der Waals surface area (Å²) in [6, 6.07) is -1.67. The van der Waals surface area contributed by atoms with Crippen molar-refractivity contribution in [2.24, 2.45) is 5.73 Å². The van der Waals surface area contributed by atoms with Crippen molar-refractivity contribution >= 4 is 16.1 Å². The van der Waals surface area contributed by atoms with Gasteiger partial charge in [-0.1, -0.05) is 53.4 Å². The molecule has 164 valence electrons. The number of hydrogen-bond acceptors (Lipinski definition) is 5. The van der Waals surface area contributed by atoms with Gasteiger partial charge in [-0.3, -0.25) is 4.55 Å². The molecule has 0 aliphatic heterocycles. The summed E-state index contributed by atoms with van der Waals surface area (Å²) in [5.41, 5.74) is 4.70. The molecule has 8 heteroatoms. The number of unbranched alkanes of at least 4 members (excludes halogenated alkanes) is 4. The third-order valence-electron chi connectivity index (χ3n) is 4.64. The average Bonchev–Trinajstić information content (AvgIpc) is 2.59. The molecule has 0 heterocycles. The molecular weight excluding hydrogens is 368 g/mol. The zero-order chi connectivity index (χ0) is 21.3. The standard InChI is InChI=1S/C16H36N.C3H7NO5S/c1-5-9-13-17(14-10-6-2,15-11-7-3)16-12-8-4;4-2(3(5)6)1-10(7,8)9/h5-16H2,1-4H3;2H,1,4H2,(H,5,6)(H,7,8,9)/q+1;/p-1/t;2-/m.1/s1. The molecule has 1 atom stereocenters. The monoisotopic (exact) mass is 410 g/mol. The van der Waals surface area contributed by atoms with E-state index in [2.05, 4.69) is 27.7 Å². The Bertz CT molecular complexity index is 431. The van der Waals surface area contributed by atoms with E-state index in [4.69, 9.17) is 10.3 Å². The number of rotatable bonds is 15. The van der Waals surface area contributed by atoms with Gasteiger partial charge in [0.05, 0.1) is 43.9 Å². The van der Waals surface area contributed by atoms with E-state index in [0.717, 1.165) is 0 Å². The molecule has 0 aliphatic carbocycles. The molecule has 0 spiro atoms. The lowest BCUT2D eigenvalue weighted by atomic mass is 10.1. The van der Waals surface area contributed by atoms with Gasteiger partial charge in [0.1, 0.15) is 0 Å². The summed E-state index contributed by atoms with van der Waals surface area (Å²) in [6.45, 7) is 15.0. The third kappa shape index (κ3) is 17.1. The average molecular weight is 411 g/mol. The van der Waals surface area contributed by atoms with Crippen LogP contribution in [0.5, 0.6) is 0 Å². The minimum absolute atomic E-state index is 1.02. The normalized spacial score (nSPS) is 13.0. The van der Waals surface area contributed by atoms with E-state index in [0.29, 0.717) is 0 Å². The Hall–Kier alpha value is -0.700. The molecule has 0 amide bonds. The molecular formula is C19H42N2O5S. The Labute approximate surface area is 166 Å². The second kappa shape index (κ2) is 16.3. The molecule has 0 bridgehead atoms. The highest BCUT2D eigenvalue weighted by Gasteiger charge is 2.24. The number of quaternary nitrogens is 1. The molecule has 0 aromatic rings. The van der Waals surface area contributed by atoms with Gasteiger partial charge in [0.25, 0.3) is 10.1 Å². The van der Waals surface area contributed by atoms with Crippen LogP contribution in [0.2, 0.25) is 0 Å². The lowest BCUT2D eigenvalue weighted by molar-refractivity contribution is -0.929. The minimum atomic E-state index is -4.31. The largest absolute Gasteiger partial charge is 0.548 e. The number of carbonyl (C=O) groups excluding carboxylic acids is 1. The number of carbonyl (C=O) groups is 1. The van der Waals surface area contributed by atoms with Crippen molar-refractivity contribution in [1.82, 2.24) is 0 Å². The Kier molecular flexibility index (Phi) is 17.2. The van der Waals surface area contributed by atoms with Crippen molar-refractivity contribution in [3.05, 3.63) is 0 Å². The van der Waals surface area contributed by atoms with Gasteiger partial charge in [0.15, 0.2) is 0 Å². The Morgan fingerprint density at radius 3 is 1.33 bits per heavy atom. The first-order valence-electron chi connectivity index (χ1n) is 10.3. The van der Waals surface area contributed by atoms with Gasteiger partial charge < -0.3 is 20.1 Å². The molecule has 0 aromatic carbocycles. The first-order chi connectivity index (χ1) is 12.6. The van der Waals surface area contributed by atoms with Gasteiger partial charge in [0, 0.05) is 0 Å². The van der Waals surface area contributed by atoms with Crippen LogP contribution < -0.4 is 10.8 Å². The van der Waals surface area contributed by atoms with Crippen molar-refractivity contribution in [2.45, 2.75) is 85.1 Å². The molecule has 0 aliphatic rings. The zero-order valence-corrected chi connectivity index (χ0v) is 18.6. The lowest BCUT2D eigenvalue weighted by Crippen LogP contribution is -2.50. The van der Waals surface area contributed by atoms with Crippen LogP contribution in [0.15, 0.2) is 0 Å². The zero-order valence-electron chi connectivity index (χ0n) is 17.8. The molecule has 7 nitrogen and oxygen atoms in total. The maximum Gasteiger partial charge on any atom is 0.266 e. The highest BCUT2D eigenvalue weighted by atomic mass is 32.2. The van der Waals surface area contributed by atoms with Crippen LogP contribution in [-0.2, 0) is 14.9 Å². The summed E-state index contributed by atoms with van der Waals surface area (Å²) in [5, 5.41) is 9.77. The summed E-state index contributed by atoms with van der Waals surface area (Å²) in [4.78, 5) is 9.77. The van der Waals surface area contributed by atoms with Crippen molar-refractivity contribution in [1.29, 1.82) is 0 Å². The predicted octanol–water partition coefficient (Wildman–Crippen LogP) is 1.96. The van der Waals surface area contributed by atoms with Crippen LogP contribution in [0.3, 0.4) is 0 Å². The van der Waals surface area contributed by atoms with E-state index in [-0.39, 0.29) is 0 Å². The van der Waals surface area contributed by atoms with Crippen molar-refractivity contribution in [3.8, 4) is 0 Å². The highest BCUT2D eigenvalue weighted by Crippen LogP contribution is 2.16. The quantitative estimate of drug-likeness (QED) is 0.314. The SMILES string of the molecule is CCCC[N+](CCCC)(CCCC)CCCC.N[C@H](CS(=O)(=O)O)C(=O)[O-]. The second-order valence-electron chi connectivity index (χ2n) is 7.32. The second-order valence-corrected chi connectivity index (χ2v) is 8.82. The van der Waals surface area contributed by atoms with Gasteiger partial charge in [-0.2, -0.15) is 8.42 Å². The third-order valence-corrected chi connectivity index (χ3v) is 5.42. The Morgan fingerprint density at radius 2 is 1.19 bits per heavy atom. The highest BCUT2D eigenvalue weighted by molar-refractivity contribution is 7.85. The fraction of sp³-hybridized carbons (Fsp3) is 0.947. The van der Waals surface area contributed by atoms with E-state index < -0.39 is 27.9 Å². The smallest absolute Gasteiger partial charge is 0.266 e. The number of carboxylic acid groups (broad SMARTS) is 1. The summed E-state index contributed by atoms with van der Waals surface area (Å²) in [5.74, 6) is -2.73. The van der Waals surface area contributed by atoms with Gasteiger partial charge in [-0.05, 0) is 25.7 Å². The summed E-state index contributed by atoms with van der Waals surface area (Å²) < 4.78 is 29.3. The van der Waals surface area contributed by atoms with E-state index in [9.17, 15) is 18.3 Å². The molecule has 27 heavy (non-hydrogen) atoms. The van der Waals surface area contributed by atoms with Crippen LogP contribution in [0.4, 0.5) is 0 Å². The fourth-order valence-electron chi connectivity index (χ4n) is 2.94. The van der Waals surface area contributed by atoms with Crippen LogP contribution in [0.1, 0.15) is 79.1 Å². The molecule has 0 saturated heterocycles. The Balaban J connectivity index is 0.